The zero-order valence-electron chi connectivity index (χ0n) is 28.5. The lowest BCUT2D eigenvalue weighted by Crippen LogP contribution is -2.29. The van der Waals surface area contributed by atoms with Crippen molar-refractivity contribution in [3.63, 3.8) is 0 Å². The minimum Gasteiger partial charge on any atom is -0.465 e. The molecule has 0 unspecified atom stereocenters. The van der Waals surface area contributed by atoms with Crippen molar-refractivity contribution in [2.75, 3.05) is 30.8 Å². The average molecular weight is 681 g/mol. The summed E-state index contributed by atoms with van der Waals surface area (Å²) < 4.78 is 16.4. The minimum atomic E-state index is -0.676. The van der Waals surface area contributed by atoms with E-state index in [1.54, 1.807) is 50.4 Å². The van der Waals surface area contributed by atoms with Crippen LogP contribution in [0.1, 0.15) is 61.7 Å². The summed E-state index contributed by atoms with van der Waals surface area (Å²) in [6, 6.07) is 17.9. The van der Waals surface area contributed by atoms with E-state index in [1.165, 1.54) is 5.56 Å². The number of aromatic nitrogens is 2. The Morgan fingerprint density at radius 3 is 2.51 bits per heavy atom. The number of nitrogens with two attached hydrogens (primary N) is 1. The van der Waals surface area contributed by atoms with Crippen molar-refractivity contribution < 1.29 is 23.8 Å². The molecule has 254 valence electrons. The Morgan fingerprint density at radius 1 is 1.08 bits per heavy atom. The maximum absolute atomic E-state index is 12.5. The standard InChI is InChI=1S/C37H40N6O5S/c1-36(2,3)48-33(44)30(39-6)20-26-19-29-32(49-26)27-13-12-25(18-28(27)37(29,4)5)43(7)16-17-46-35(45)41-21-23-8-10-24(11-9-23)22-47-34-40-15-14-31(38)42-34/h8-15,18-20H,16-17,21-22H2,1-5,7H3,(H,41,45)(H2,38,40,42)/b30-20-. The second-order valence-corrected chi connectivity index (χ2v) is 14.3. The summed E-state index contributed by atoms with van der Waals surface area (Å²) in [5, 5.41) is 2.79. The van der Waals surface area contributed by atoms with Gasteiger partial charge in [0, 0.05) is 40.6 Å². The van der Waals surface area contributed by atoms with E-state index in [2.05, 4.69) is 63.1 Å². The molecule has 3 N–H and O–H groups in total. The molecule has 1 amide bonds. The lowest BCUT2D eigenvalue weighted by atomic mass is 9.82. The Morgan fingerprint density at radius 2 is 1.82 bits per heavy atom. The molecule has 0 radical (unpaired) electrons. The Kier molecular flexibility index (Phi) is 10.2. The first-order chi connectivity index (χ1) is 23.2. The van der Waals surface area contributed by atoms with Gasteiger partial charge in [-0.25, -0.2) is 14.6 Å². The number of nitrogens with one attached hydrogen (secondary N) is 1. The number of nitrogens with zero attached hydrogens (tertiary/aromatic N) is 4. The van der Waals surface area contributed by atoms with Gasteiger partial charge in [-0.1, -0.05) is 44.2 Å². The van der Waals surface area contributed by atoms with Gasteiger partial charge in [-0.2, -0.15) is 4.98 Å². The molecule has 11 nitrogen and oxygen atoms in total. The van der Waals surface area contributed by atoms with Crippen LogP contribution in [0, 0.1) is 6.57 Å². The molecule has 0 aliphatic heterocycles. The van der Waals surface area contributed by atoms with Crippen LogP contribution in [-0.4, -0.2) is 47.8 Å². The third kappa shape index (κ3) is 8.55. The van der Waals surface area contributed by atoms with E-state index in [1.807, 2.05) is 31.3 Å². The third-order valence-corrected chi connectivity index (χ3v) is 9.05. The number of likely N-dealkylation sites (N-methyl/N-ethyl adjacent to an activating group) is 1. The van der Waals surface area contributed by atoms with Crippen LogP contribution in [0.3, 0.4) is 0 Å². The summed E-state index contributed by atoms with van der Waals surface area (Å²) in [4.78, 5) is 40.4. The molecule has 1 aliphatic carbocycles. The minimum absolute atomic E-state index is 0.0387. The number of fused-ring (bicyclic) bond motifs is 3. The molecule has 0 bridgehead atoms. The molecule has 0 atom stereocenters. The van der Waals surface area contributed by atoms with Gasteiger partial charge in [0.15, 0.2) is 0 Å². The van der Waals surface area contributed by atoms with Crippen molar-refractivity contribution in [2.45, 2.75) is 58.8 Å². The number of anilines is 2. The van der Waals surface area contributed by atoms with E-state index in [9.17, 15) is 9.59 Å². The Balaban J connectivity index is 1.12. The first-order valence-electron chi connectivity index (χ1n) is 15.8. The number of thiophene rings is 1. The molecule has 0 saturated heterocycles. The van der Waals surface area contributed by atoms with Gasteiger partial charge in [0.1, 0.15) is 24.6 Å². The van der Waals surface area contributed by atoms with Crippen molar-refractivity contribution in [1.29, 1.82) is 0 Å². The van der Waals surface area contributed by atoms with E-state index in [4.69, 9.17) is 26.5 Å². The molecule has 0 spiro atoms. The van der Waals surface area contributed by atoms with Crippen molar-refractivity contribution in [3.8, 4) is 16.5 Å². The van der Waals surface area contributed by atoms with Crippen LogP contribution in [0.25, 0.3) is 21.4 Å². The molecule has 2 aromatic carbocycles. The predicted molar refractivity (Wildman–Crippen MR) is 191 cm³/mol. The zero-order valence-corrected chi connectivity index (χ0v) is 29.3. The van der Waals surface area contributed by atoms with Gasteiger partial charge in [-0.05, 0) is 78.9 Å². The first-order valence-corrected chi connectivity index (χ1v) is 16.6. The number of hydrogen-bond acceptors (Lipinski definition) is 10. The van der Waals surface area contributed by atoms with Crippen LogP contribution in [0.4, 0.5) is 16.3 Å². The highest BCUT2D eigenvalue weighted by Crippen LogP contribution is 2.53. The molecule has 1 aliphatic rings. The number of nitrogen functional groups attached to an aromatic ring is 1. The maximum Gasteiger partial charge on any atom is 0.407 e. The Labute approximate surface area is 290 Å². The fourth-order valence-corrected chi connectivity index (χ4v) is 6.63. The molecule has 12 heteroatoms. The number of benzene rings is 2. The molecule has 0 fully saturated rings. The van der Waals surface area contributed by atoms with E-state index < -0.39 is 17.7 Å². The van der Waals surface area contributed by atoms with Crippen molar-refractivity contribution in [2.24, 2.45) is 0 Å². The van der Waals surface area contributed by atoms with Crippen molar-refractivity contribution in [1.82, 2.24) is 15.3 Å². The average Bonchev–Trinajstić information content (AvgIpc) is 3.57. The molecule has 0 saturated carbocycles. The zero-order chi connectivity index (χ0) is 35.3. The quantitative estimate of drug-likeness (QED) is 0.0979. The lowest BCUT2D eigenvalue weighted by Gasteiger charge is -2.24. The molecular formula is C37H40N6O5S. The smallest absolute Gasteiger partial charge is 0.407 e. The number of rotatable bonds is 11. The number of carbonyl (C=O) groups excluding carboxylic acids is 2. The topological polar surface area (TPSA) is 133 Å². The van der Waals surface area contributed by atoms with E-state index in [-0.39, 0.29) is 23.7 Å². The van der Waals surface area contributed by atoms with Crippen molar-refractivity contribution in [3.05, 3.63) is 105 Å². The Bertz CT molecular complexity index is 1920. The van der Waals surface area contributed by atoms with Crippen LogP contribution in [0.2, 0.25) is 0 Å². The number of hydrogen-bond donors (Lipinski definition) is 2. The second-order valence-electron chi connectivity index (χ2n) is 13.2. The summed E-state index contributed by atoms with van der Waals surface area (Å²) in [6.07, 6.45) is 2.67. The number of ether oxygens (including phenoxy) is 3. The highest BCUT2D eigenvalue weighted by atomic mass is 32.1. The van der Waals surface area contributed by atoms with E-state index in [0.29, 0.717) is 25.5 Å². The summed E-state index contributed by atoms with van der Waals surface area (Å²) in [7, 11) is 1.97. The molecule has 5 rings (SSSR count). The number of amides is 1. The fourth-order valence-electron chi connectivity index (χ4n) is 5.33. The van der Waals surface area contributed by atoms with Crippen LogP contribution in [0.15, 0.2) is 66.5 Å². The van der Waals surface area contributed by atoms with Gasteiger partial charge < -0.3 is 30.2 Å². The monoisotopic (exact) mass is 680 g/mol. The molecule has 2 heterocycles. The van der Waals surface area contributed by atoms with Crippen LogP contribution >= 0.6 is 11.3 Å². The SMILES string of the molecule is [C-]#[N+]/C(=C\c1cc2c(s1)-c1ccc(N(C)CCOC(=O)NCc3ccc(COc4nccc(N)n4)cc3)cc1C2(C)C)C(=O)OC(C)(C)C. The summed E-state index contributed by atoms with van der Waals surface area (Å²) in [5.41, 5.74) is 11.0. The summed E-state index contributed by atoms with van der Waals surface area (Å²) >= 11 is 1.56. The van der Waals surface area contributed by atoms with Gasteiger partial charge >= 0.3 is 18.1 Å². The van der Waals surface area contributed by atoms with Crippen LogP contribution < -0.4 is 20.7 Å². The summed E-state index contributed by atoms with van der Waals surface area (Å²) in [5.74, 6) is -0.277. The van der Waals surface area contributed by atoms with Gasteiger partial charge in [-0.15, -0.1) is 11.3 Å². The number of esters is 1. The van der Waals surface area contributed by atoms with Crippen molar-refractivity contribution >= 4 is 41.0 Å². The second kappa shape index (κ2) is 14.4. The van der Waals surface area contributed by atoms with Gasteiger partial charge in [0.05, 0.1) is 13.1 Å². The van der Waals surface area contributed by atoms with Gasteiger partial charge in [-0.3, -0.25) is 4.79 Å². The fraction of sp³-hybridized carbons (Fsp3) is 0.324. The van der Waals surface area contributed by atoms with E-state index in [0.717, 1.165) is 37.7 Å². The highest BCUT2D eigenvalue weighted by molar-refractivity contribution is 7.16. The maximum atomic E-state index is 12.5. The van der Waals surface area contributed by atoms with Gasteiger partial charge in [0.25, 0.3) is 5.70 Å². The predicted octanol–water partition coefficient (Wildman–Crippen LogP) is 6.97. The summed E-state index contributed by atoms with van der Waals surface area (Å²) in [6.45, 7) is 18.6. The van der Waals surface area contributed by atoms with Crippen LogP contribution in [-0.2, 0) is 32.8 Å². The molecule has 49 heavy (non-hydrogen) atoms. The lowest BCUT2D eigenvalue weighted by molar-refractivity contribution is -0.149. The number of alkyl carbamates (subject to hydrolysis) is 1. The first kappa shape index (κ1) is 34.9. The molecule has 4 aromatic rings. The van der Waals surface area contributed by atoms with Gasteiger partial charge in [0.2, 0.25) is 0 Å². The van der Waals surface area contributed by atoms with E-state index >= 15 is 0 Å². The van der Waals surface area contributed by atoms with Crippen LogP contribution in [0.5, 0.6) is 6.01 Å². The Hall–Kier alpha value is -5.41. The molecule has 2 aromatic heterocycles. The highest BCUT2D eigenvalue weighted by Gasteiger charge is 2.37. The molecular weight excluding hydrogens is 641 g/mol. The normalized spacial score (nSPS) is 13.1. The largest absolute Gasteiger partial charge is 0.465 e. The third-order valence-electron chi connectivity index (χ3n) is 7.94. The number of carbonyl (C=O) groups is 2.